The molecule has 1 aromatic rings. The molecule has 110 valence electrons. The Morgan fingerprint density at radius 3 is 2.50 bits per heavy atom. The molecule has 4 N–H and O–H groups in total. The third-order valence-corrected chi connectivity index (χ3v) is 2.75. The monoisotopic (exact) mass is 286 g/mol. The first kappa shape index (κ1) is 16.0. The lowest BCUT2D eigenvalue weighted by Gasteiger charge is -2.13. The van der Waals surface area contributed by atoms with Crippen LogP contribution >= 0.6 is 0 Å². The zero-order valence-electron chi connectivity index (χ0n) is 11.0. The number of benzene rings is 1. The Bertz CT molecular complexity index is 521. The van der Waals surface area contributed by atoms with Gasteiger partial charge in [-0.1, -0.05) is 19.8 Å². The van der Waals surface area contributed by atoms with E-state index in [2.05, 4.69) is 5.32 Å². The minimum absolute atomic E-state index is 0.312. The summed E-state index contributed by atoms with van der Waals surface area (Å²) in [5.41, 5.74) is 4.78. The van der Waals surface area contributed by atoms with Gasteiger partial charge in [0.2, 0.25) is 5.91 Å². The van der Waals surface area contributed by atoms with Crippen LogP contribution in [0.1, 0.15) is 36.5 Å². The molecule has 0 aliphatic carbocycles. The first-order valence-corrected chi connectivity index (χ1v) is 6.15. The van der Waals surface area contributed by atoms with Gasteiger partial charge in [0.25, 0.3) is 0 Å². The highest BCUT2D eigenvalue weighted by molar-refractivity contribution is 6.02. The number of hydrogen-bond donors (Lipinski definition) is 3. The van der Waals surface area contributed by atoms with Crippen molar-refractivity contribution in [3.05, 3.63) is 29.3 Å². The van der Waals surface area contributed by atoms with E-state index in [0.29, 0.717) is 18.6 Å². The van der Waals surface area contributed by atoms with Gasteiger partial charge in [0.1, 0.15) is 0 Å². The largest absolute Gasteiger partial charge is 0.478 e. The molecule has 0 aliphatic rings. The van der Waals surface area contributed by atoms with Crippen LogP contribution in [-0.4, -0.2) is 23.0 Å². The number of unbranched alkanes of at least 4 members (excludes halogenated alkanes) is 1. The van der Waals surface area contributed by atoms with Crippen molar-refractivity contribution in [3.8, 4) is 0 Å². The SMILES string of the molecule is CCCC[C@H](N)C(=O)Nc1cc(F)c(F)cc1C(=O)O. The van der Waals surface area contributed by atoms with Crippen LogP contribution in [0.2, 0.25) is 0 Å². The highest BCUT2D eigenvalue weighted by Gasteiger charge is 2.19. The first-order chi connectivity index (χ1) is 9.36. The second kappa shape index (κ2) is 6.95. The molecule has 0 unspecified atom stereocenters. The van der Waals surface area contributed by atoms with E-state index in [1.165, 1.54) is 0 Å². The van der Waals surface area contributed by atoms with Crippen molar-refractivity contribution in [2.45, 2.75) is 32.2 Å². The van der Waals surface area contributed by atoms with E-state index in [9.17, 15) is 18.4 Å². The summed E-state index contributed by atoms with van der Waals surface area (Å²) in [6.45, 7) is 1.93. The van der Waals surface area contributed by atoms with Crippen molar-refractivity contribution in [2.75, 3.05) is 5.32 Å². The standard InChI is InChI=1S/C13H16F2N2O3/c1-2-3-4-10(16)12(18)17-11-6-9(15)8(14)5-7(11)13(19)20/h5-6,10H,2-4,16H2,1H3,(H,17,18)(H,19,20)/t10-/m0/s1. The maximum Gasteiger partial charge on any atom is 0.337 e. The van der Waals surface area contributed by atoms with E-state index in [0.717, 1.165) is 12.8 Å². The number of amides is 1. The Hall–Kier alpha value is -2.02. The summed E-state index contributed by atoms with van der Waals surface area (Å²) in [5.74, 6) is -4.64. The fourth-order valence-electron chi connectivity index (χ4n) is 1.61. The van der Waals surface area contributed by atoms with Gasteiger partial charge in [0.15, 0.2) is 11.6 Å². The molecule has 0 aliphatic heterocycles. The molecule has 1 amide bonds. The Balaban J connectivity index is 2.93. The Morgan fingerprint density at radius 2 is 1.95 bits per heavy atom. The second-order valence-corrected chi connectivity index (χ2v) is 4.36. The van der Waals surface area contributed by atoms with E-state index in [1.807, 2.05) is 6.92 Å². The van der Waals surface area contributed by atoms with E-state index in [1.54, 1.807) is 0 Å². The van der Waals surface area contributed by atoms with Gasteiger partial charge in [-0.05, 0) is 12.5 Å². The van der Waals surface area contributed by atoms with Crippen LogP contribution in [0, 0.1) is 11.6 Å². The molecule has 0 aromatic heterocycles. The zero-order valence-corrected chi connectivity index (χ0v) is 11.0. The van der Waals surface area contributed by atoms with Crippen LogP contribution in [0.5, 0.6) is 0 Å². The smallest absolute Gasteiger partial charge is 0.337 e. The molecule has 0 heterocycles. The van der Waals surface area contributed by atoms with Gasteiger partial charge < -0.3 is 16.2 Å². The van der Waals surface area contributed by atoms with Crippen LogP contribution in [-0.2, 0) is 4.79 Å². The quantitative estimate of drug-likeness (QED) is 0.746. The molecule has 20 heavy (non-hydrogen) atoms. The summed E-state index contributed by atoms with van der Waals surface area (Å²) in [6.07, 6.45) is 2.01. The van der Waals surface area contributed by atoms with Crippen molar-refractivity contribution in [1.82, 2.24) is 0 Å². The minimum Gasteiger partial charge on any atom is -0.478 e. The maximum atomic E-state index is 13.1. The van der Waals surface area contributed by atoms with Gasteiger partial charge in [-0.2, -0.15) is 0 Å². The van der Waals surface area contributed by atoms with E-state index < -0.39 is 35.1 Å². The molecule has 0 fully saturated rings. The summed E-state index contributed by atoms with van der Waals surface area (Å²) in [4.78, 5) is 22.7. The summed E-state index contributed by atoms with van der Waals surface area (Å²) < 4.78 is 26.1. The van der Waals surface area contributed by atoms with Gasteiger partial charge in [-0.15, -0.1) is 0 Å². The molecule has 1 atom stereocenters. The molecule has 1 rings (SSSR count). The number of carbonyl (C=O) groups is 2. The molecule has 5 nitrogen and oxygen atoms in total. The lowest BCUT2D eigenvalue weighted by molar-refractivity contribution is -0.117. The number of hydrogen-bond acceptors (Lipinski definition) is 3. The van der Waals surface area contributed by atoms with Crippen molar-refractivity contribution >= 4 is 17.6 Å². The van der Waals surface area contributed by atoms with Crippen molar-refractivity contribution in [2.24, 2.45) is 5.73 Å². The van der Waals surface area contributed by atoms with E-state index >= 15 is 0 Å². The second-order valence-electron chi connectivity index (χ2n) is 4.36. The van der Waals surface area contributed by atoms with Crippen LogP contribution in [0.15, 0.2) is 12.1 Å². The predicted octanol–water partition coefficient (Wildman–Crippen LogP) is 2.12. The molecular weight excluding hydrogens is 270 g/mol. The van der Waals surface area contributed by atoms with Crippen molar-refractivity contribution < 1.29 is 23.5 Å². The fraction of sp³-hybridized carbons (Fsp3) is 0.385. The number of nitrogens with two attached hydrogens (primary N) is 1. The molecule has 0 radical (unpaired) electrons. The van der Waals surface area contributed by atoms with Gasteiger partial charge >= 0.3 is 5.97 Å². The van der Waals surface area contributed by atoms with E-state index in [-0.39, 0.29) is 5.69 Å². The number of carboxylic acid groups (broad SMARTS) is 1. The number of anilines is 1. The molecule has 0 saturated carbocycles. The summed E-state index contributed by atoms with van der Waals surface area (Å²) in [7, 11) is 0. The highest BCUT2D eigenvalue weighted by Crippen LogP contribution is 2.20. The van der Waals surface area contributed by atoms with Crippen LogP contribution < -0.4 is 11.1 Å². The molecule has 0 saturated heterocycles. The number of carboxylic acids is 1. The third-order valence-electron chi connectivity index (χ3n) is 2.75. The molecule has 0 spiro atoms. The number of nitrogens with one attached hydrogen (secondary N) is 1. The lowest BCUT2D eigenvalue weighted by Crippen LogP contribution is -2.36. The summed E-state index contributed by atoms with van der Waals surface area (Å²) >= 11 is 0. The van der Waals surface area contributed by atoms with Gasteiger partial charge in [-0.3, -0.25) is 4.79 Å². The average Bonchev–Trinajstić information content (AvgIpc) is 2.39. The van der Waals surface area contributed by atoms with Gasteiger partial charge in [0.05, 0.1) is 17.3 Å². The summed E-state index contributed by atoms with van der Waals surface area (Å²) in [6, 6.07) is 0.318. The third kappa shape index (κ3) is 3.99. The lowest BCUT2D eigenvalue weighted by atomic mass is 10.1. The van der Waals surface area contributed by atoms with Gasteiger partial charge in [0, 0.05) is 6.07 Å². The Labute approximate surface area is 114 Å². The normalized spacial score (nSPS) is 12.0. The maximum absolute atomic E-state index is 13.1. The number of carbonyl (C=O) groups excluding carboxylic acids is 1. The zero-order chi connectivity index (χ0) is 15.3. The van der Waals surface area contributed by atoms with Crippen molar-refractivity contribution in [3.63, 3.8) is 0 Å². The number of rotatable bonds is 6. The van der Waals surface area contributed by atoms with Crippen LogP contribution in [0.4, 0.5) is 14.5 Å². The molecule has 1 aromatic carbocycles. The highest BCUT2D eigenvalue weighted by atomic mass is 19.2. The number of aromatic carboxylic acids is 1. The fourth-order valence-corrected chi connectivity index (χ4v) is 1.61. The molecule has 7 heteroatoms. The Kier molecular flexibility index (Phi) is 5.57. The van der Waals surface area contributed by atoms with E-state index in [4.69, 9.17) is 10.8 Å². The first-order valence-electron chi connectivity index (χ1n) is 6.15. The Morgan fingerprint density at radius 1 is 1.35 bits per heavy atom. The van der Waals surface area contributed by atoms with Crippen molar-refractivity contribution in [1.29, 1.82) is 0 Å². The number of halogens is 2. The minimum atomic E-state index is -1.47. The topological polar surface area (TPSA) is 92.4 Å². The summed E-state index contributed by atoms with van der Waals surface area (Å²) in [5, 5.41) is 11.1. The van der Waals surface area contributed by atoms with Crippen LogP contribution in [0.3, 0.4) is 0 Å². The average molecular weight is 286 g/mol. The molecule has 0 bridgehead atoms. The van der Waals surface area contributed by atoms with Gasteiger partial charge in [-0.25, -0.2) is 13.6 Å². The van der Waals surface area contributed by atoms with Crippen LogP contribution in [0.25, 0.3) is 0 Å². The predicted molar refractivity (Wildman–Crippen MR) is 69.4 cm³/mol. The molecular formula is C13H16F2N2O3.